The molecule has 0 amide bonds. The van der Waals surface area contributed by atoms with Crippen molar-refractivity contribution < 1.29 is 35.7 Å². The second-order valence-corrected chi connectivity index (χ2v) is 5.30. The third-order valence-electron chi connectivity index (χ3n) is 1.96. The Hall–Kier alpha value is -1.78. The van der Waals surface area contributed by atoms with Crippen LogP contribution in [-0.2, 0) is 19.1 Å². The highest BCUT2D eigenvalue weighted by Gasteiger charge is 2.49. The molecule has 0 spiro atoms. The number of rotatable bonds is 4. The largest absolute Gasteiger partial charge is 0.534 e. The molecule has 0 bridgehead atoms. The van der Waals surface area contributed by atoms with E-state index in [4.69, 9.17) is 5.11 Å². The SMILES string of the molecule is CC1(CC(=O)O)N=CC=C(OS(=O)(=O)C(F)(F)F)N1. The number of carboxylic acids is 1. The Kier molecular flexibility index (Phi) is 3.79. The molecule has 2 N–H and O–H groups in total. The predicted octanol–water partition coefficient (Wildman–Crippen LogP) is 0.559. The lowest BCUT2D eigenvalue weighted by atomic mass is 10.1. The van der Waals surface area contributed by atoms with Gasteiger partial charge in [0.1, 0.15) is 5.66 Å². The van der Waals surface area contributed by atoms with Gasteiger partial charge in [0, 0.05) is 12.3 Å². The van der Waals surface area contributed by atoms with Gasteiger partial charge in [-0.25, -0.2) is 0 Å². The van der Waals surface area contributed by atoms with Crippen molar-refractivity contribution in [2.24, 2.45) is 4.99 Å². The molecule has 0 fully saturated rings. The quantitative estimate of drug-likeness (QED) is 0.580. The molecule has 0 saturated carbocycles. The minimum Gasteiger partial charge on any atom is -0.481 e. The van der Waals surface area contributed by atoms with Crippen molar-refractivity contribution in [1.82, 2.24) is 5.32 Å². The van der Waals surface area contributed by atoms with Crippen molar-refractivity contribution in [1.29, 1.82) is 0 Å². The monoisotopic (exact) mass is 302 g/mol. The molecular formula is C8H9F3N2O5S. The molecule has 1 aliphatic heterocycles. The minimum absolute atomic E-state index is 0.573. The van der Waals surface area contributed by atoms with E-state index in [-0.39, 0.29) is 0 Å². The molecule has 0 radical (unpaired) electrons. The number of halogens is 3. The van der Waals surface area contributed by atoms with Crippen molar-refractivity contribution >= 4 is 22.3 Å². The smallest absolute Gasteiger partial charge is 0.481 e. The van der Waals surface area contributed by atoms with E-state index >= 15 is 0 Å². The maximum atomic E-state index is 12.1. The van der Waals surface area contributed by atoms with Crippen LogP contribution in [0.4, 0.5) is 13.2 Å². The third-order valence-corrected chi connectivity index (χ3v) is 2.92. The van der Waals surface area contributed by atoms with E-state index in [0.29, 0.717) is 0 Å². The first-order valence-electron chi connectivity index (χ1n) is 4.71. The van der Waals surface area contributed by atoms with Crippen LogP contribution in [0.25, 0.3) is 0 Å². The molecule has 0 saturated heterocycles. The standard InChI is InChI=1S/C8H9F3N2O5S/c1-7(4-6(14)15)12-3-2-5(13-7)18-19(16,17)8(9,10)11/h2-3,13H,4H2,1H3,(H,14,15). The number of carboxylic acid groups (broad SMARTS) is 1. The summed E-state index contributed by atoms with van der Waals surface area (Å²) in [6, 6.07) is 0. The van der Waals surface area contributed by atoms with Crippen molar-refractivity contribution in [2.45, 2.75) is 24.5 Å². The minimum atomic E-state index is -5.82. The number of allylic oxidation sites excluding steroid dienone is 1. The number of aliphatic imine (C=N–C) groups is 1. The Morgan fingerprint density at radius 3 is 2.63 bits per heavy atom. The summed E-state index contributed by atoms with van der Waals surface area (Å²) in [4.78, 5) is 14.2. The molecule has 0 aromatic rings. The van der Waals surface area contributed by atoms with Gasteiger partial charge in [0.25, 0.3) is 0 Å². The zero-order chi connectivity index (χ0) is 14.9. The van der Waals surface area contributed by atoms with Gasteiger partial charge in [0.2, 0.25) is 5.88 Å². The van der Waals surface area contributed by atoms with Crippen LogP contribution in [0.3, 0.4) is 0 Å². The van der Waals surface area contributed by atoms with Gasteiger partial charge in [-0.3, -0.25) is 9.79 Å². The maximum Gasteiger partial charge on any atom is 0.534 e. The molecule has 1 rings (SSSR count). The zero-order valence-corrected chi connectivity index (χ0v) is 10.2. The number of hydrogen-bond donors (Lipinski definition) is 2. The summed E-state index contributed by atoms with van der Waals surface area (Å²) >= 11 is 0. The fourth-order valence-corrected chi connectivity index (χ4v) is 1.64. The van der Waals surface area contributed by atoms with Gasteiger partial charge in [-0.2, -0.15) is 21.6 Å². The van der Waals surface area contributed by atoms with Gasteiger partial charge in [-0.15, -0.1) is 0 Å². The number of nitrogens with zero attached hydrogens (tertiary/aromatic N) is 1. The number of hydrogen-bond acceptors (Lipinski definition) is 6. The molecule has 1 atom stereocenters. The summed E-state index contributed by atoms with van der Waals surface area (Å²) in [7, 11) is -5.82. The second-order valence-electron chi connectivity index (χ2n) is 3.76. The summed E-state index contributed by atoms with van der Waals surface area (Å²) in [5, 5.41) is 10.8. The molecule has 19 heavy (non-hydrogen) atoms. The van der Waals surface area contributed by atoms with Crippen LogP contribution < -0.4 is 5.32 Å². The number of aliphatic carboxylic acids is 1. The first-order valence-corrected chi connectivity index (χ1v) is 6.12. The van der Waals surface area contributed by atoms with E-state index in [9.17, 15) is 26.4 Å². The van der Waals surface area contributed by atoms with Gasteiger partial charge >= 0.3 is 21.6 Å². The molecule has 1 heterocycles. The van der Waals surface area contributed by atoms with Crippen LogP contribution >= 0.6 is 0 Å². The Morgan fingerprint density at radius 2 is 2.16 bits per heavy atom. The number of carbonyl (C=O) groups is 1. The average Bonchev–Trinajstić information content (AvgIpc) is 2.12. The van der Waals surface area contributed by atoms with Crippen LogP contribution in [0.2, 0.25) is 0 Å². The third kappa shape index (κ3) is 3.84. The zero-order valence-electron chi connectivity index (χ0n) is 9.43. The second kappa shape index (κ2) is 4.72. The summed E-state index contributed by atoms with van der Waals surface area (Å²) in [6.45, 7) is 1.26. The van der Waals surface area contributed by atoms with Crippen LogP contribution in [0.1, 0.15) is 13.3 Å². The summed E-state index contributed by atoms with van der Waals surface area (Å²) in [6.07, 6.45) is 1.23. The molecule has 0 aromatic carbocycles. The maximum absolute atomic E-state index is 12.1. The van der Waals surface area contributed by atoms with Gasteiger partial charge < -0.3 is 14.6 Å². The van der Waals surface area contributed by atoms with Gasteiger partial charge in [0.05, 0.1) is 6.42 Å². The first kappa shape index (κ1) is 15.3. The van der Waals surface area contributed by atoms with Crippen molar-refractivity contribution in [3.05, 3.63) is 12.0 Å². The molecule has 0 aromatic heterocycles. The topological polar surface area (TPSA) is 105 Å². The highest BCUT2D eigenvalue weighted by Crippen LogP contribution is 2.27. The van der Waals surface area contributed by atoms with E-state index in [2.05, 4.69) is 14.5 Å². The summed E-state index contributed by atoms with van der Waals surface area (Å²) < 4.78 is 61.6. The number of alkyl halides is 3. The van der Waals surface area contributed by atoms with Crippen LogP contribution in [0.5, 0.6) is 0 Å². The van der Waals surface area contributed by atoms with Gasteiger partial charge in [-0.1, -0.05) is 0 Å². The Bertz CT molecular complexity index is 539. The normalized spacial score (nSPS) is 23.5. The molecule has 1 unspecified atom stereocenters. The van der Waals surface area contributed by atoms with Crippen molar-refractivity contribution in [2.75, 3.05) is 0 Å². The molecule has 7 nitrogen and oxygen atoms in total. The van der Waals surface area contributed by atoms with E-state index in [1.807, 2.05) is 0 Å². The Morgan fingerprint density at radius 1 is 1.58 bits per heavy atom. The molecule has 0 aliphatic carbocycles. The highest BCUT2D eigenvalue weighted by atomic mass is 32.2. The van der Waals surface area contributed by atoms with Gasteiger partial charge in [-0.05, 0) is 6.92 Å². The van der Waals surface area contributed by atoms with Crippen molar-refractivity contribution in [3.8, 4) is 0 Å². The van der Waals surface area contributed by atoms with Crippen LogP contribution in [-0.4, -0.2) is 36.9 Å². The Balaban J connectivity index is 2.87. The Labute approximate surface area is 105 Å². The molecular weight excluding hydrogens is 293 g/mol. The molecule has 108 valence electrons. The highest BCUT2D eigenvalue weighted by molar-refractivity contribution is 7.87. The lowest BCUT2D eigenvalue weighted by Gasteiger charge is -2.29. The van der Waals surface area contributed by atoms with E-state index in [0.717, 1.165) is 12.3 Å². The summed E-state index contributed by atoms with van der Waals surface area (Å²) in [5.41, 5.74) is -7.07. The summed E-state index contributed by atoms with van der Waals surface area (Å²) in [5.74, 6) is -2.02. The van der Waals surface area contributed by atoms with E-state index in [1.165, 1.54) is 6.92 Å². The van der Waals surface area contributed by atoms with Gasteiger partial charge in [0.15, 0.2) is 0 Å². The van der Waals surface area contributed by atoms with E-state index < -0.39 is 39.6 Å². The number of nitrogens with one attached hydrogen (secondary N) is 1. The average molecular weight is 302 g/mol. The van der Waals surface area contributed by atoms with E-state index in [1.54, 1.807) is 0 Å². The lowest BCUT2D eigenvalue weighted by Crippen LogP contribution is -2.45. The first-order chi connectivity index (χ1) is 8.45. The fraction of sp³-hybridized carbons (Fsp3) is 0.500. The lowest BCUT2D eigenvalue weighted by molar-refractivity contribution is -0.138. The molecule has 1 aliphatic rings. The van der Waals surface area contributed by atoms with Crippen LogP contribution in [0.15, 0.2) is 17.0 Å². The predicted molar refractivity (Wildman–Crippen MR) is 56.4 cm³/mol. The fourth-order valence-electron chi connectivity index (χ4n) is 1.21. The van der Waals surface area contributed by atoms with Crippen molar-refractivity contribution in [3.63, 3.8) is 0 Å². The van der Waals surface area contributed by atoms with Crippen LogP contribution in [0, 0.1) is 0 Å². The molecule has 11 heteroatoms.